The Bertz CT molecular complexity index is 684. The highest BCUT2D eigenvalue weighted by Crippen LogP contribution is 2.26. The Hall–Kier alpha value is -1.66. The van der Waals surface area contributed by atoms with Gasteiger partial charge >= 0.3 is 0 Å². The number of primary amides is 1. The topological polar surface area (TPSA) is 77.2 Å². The van der Waals surface area contributed by atoms with Gasteiger partial charge in [-0.05, 0) is 34.7 Å². The van der Waals surface area contributed by atoms with Crippen LogP contribution < -0.4 is 5.73 Å². The van der Waals surface area contributed by atoms with E-state index in [1.54, 1.807) is 30.3 Å². The summed E-state index contributed by atoms with van der Waals surface area (Å²) in [6.07, 6.45) is 1.16. The van der Waals surface area contributed by atoms with Gasteiger partial charge in [0, 0.05) is 6.26 Å². The van der Waals surface area contributed by atoms with Crippen molar-refractivity contribution in [1.82, 2.24) is 0 Å². The van der Waals surface area contributed by atoms with Crippen LogP contribution in [0, 0.1) is 0 Å². The monoisotopic (exact) mass is 281 g/mol. The maximum Gasteiger partial charge on any atom is 0.258 e. The number of nitrogens with two attached hydrogens (primary N) is 1. The van der Waals surface area contributed by atoms with Crippen LogP contribution in [0.25, 0.3) is 11.1 Å². The summed E-state index contributed by atoms with van der Waals surface area (Å²) < 4.78 is 22.6. The molecule has 0 unspecified atom stereocenters. The first-order chi connectivity index (χ1) is 8.38. The zero-order chi connectivity index (χ0) is 13.3. The van der Waals surface area contributed by atoms with Gasteiger partial charge in [0.1, 0.15) is 0 Å². The van der Waals surface area contributed by atoms with E-state index in [0.29, 0.717) is 4.88 Å². The fourth-order valence-electron chi connectivity index (χ4n) is 1.51. The van der Waals surface area contributed by atoms with E-state index < -0.39 is 15.7 Å². The van der Waals surface area contributed by atoms with E-state index in [1.165, 1.54) is 11.3 Å². The fraction of sp³-hybridized carbons (Fsp3) is 0.0833. The van der Waals surface area contributed by atoms with E-state index in [2.05, 4.69) is 0 Å². The minimum absolute atomic E-state index is 0.275. The Morgan fingerprint density at radius 1 is 1.17 bits per heavy atom. The summed E-state index contributed by atoms with van der Waals surface area (Å²) in [6.45, 7) is 0. The van der Waals surface area contributed by atoms with Crippen LogP contribution in [0.3, 0.4) is 0 Å². The smallest absolute Gasteiger partial charge is 0.258 e. The molecular formula is C12H11NO3S2. The summed E-state index contributed by atoms with van der Waals surface area (Å²) in [6, 6.07) is 8.22. The van der Waals surface area contributed by atoms with Crippen LogP contribution in [0.4, 0.5) is 0 Å². The molecule has 0 bridgehead atoms. The first-order valence-electron chi connectivity index (χ1n) is 5.07. The third-order valence-corrected chi connectivity index (χ3v) is 4.53. The second-order valence-electron chi connectivity index (χ2n) is 3.86. The van der Waals surface area contributed by atoms with Crippen molar-refractivity contribution in [1.29, 1.82) is 0 Å². The van der Waals surface area contributed by atoms with Gasteiger partial charge in [-0.3, -0.25) is 4.79 Å². The first kappa shape index (κ1) is 12.8. The summed E-state index contributed by atoms with van der Waals surface area (Å²) in [7, 11) is -3.18. The Labute approximate surface area is 109 Å². The molecule has 0 aliphatic heterocycles. The van der Waals surface area contributed by atoms with Gasteiger partial charge in [0.05, 0.1) is 9.77 Å². The average Bonchev–Trinajstić information content (AvgIpc) is 2.77. The van der Waals surface area contributed by atoms with Crippen molar-refractivity contribution in [3.05, 3.63) is 40.6 Å². The standard InChI is InChI=1S/C12H11NO3S2/c1-18(15,16)10-4-2-8(3-5-10)9-6-11(12(13)14)17-7-9/h2-7H,1H3,(H2,13,14). The lowest BCUT2D eigenvalue weighted by atomic mass is 10.1. The van der Waals surface area contributed by atoms with E-state index in [1.807, 2.05) is 5.38 Å². The third kappa shape index (κ3) is 2.60. The van der Waals surface area contributed by atoms with Gasteiger partial charge in [0.15, 0.2) is 9.84 Å². The molecule has 0 saturated heterocycles. The van der Waals surface area contributed by atoms with Crippen LogP contribution >= 0.6 is 11.3 Å². The highest BCUT2D eigenvalue weighted by molar-refractivity contribution is 7.90. The van der Waals surface area contributed by atoms with E-state index >= 15 is 0 Å². The minimum Gasteiger partial charge on any atom is -0.365 e. The lowest BCUT2D eigenvalue weighted by molar-refractivity contribution is 0.100. The number of rotatable bonds is 3. The third-order valence-electron chi connectivity index (χ3n) is 2.46. The van der Waals surface area contributed by atoms with Gasteiger partial charge in [0.25, 0.3) is 5.91 Å². The molecule has 94 valence electrons. The molecule has 0 saturated carbocycles. The van der Waals surface area contributed by atoms with Crippen LogP contribution in [-0.2, 0) is 9.84 Å². The van der Waals surface area contributed by atoms with Gasteiger partial charge in [-0.15, -0.1) is 11.3 Å². The van der Waals surface area contributed by atoms with Crippen LogP contribution in [-0.4, -0.2) is 20.6 Å². The number of benzene rings is 1. The molecule has 2 N–H and O–H groups in total. The first-order valence-corrected chi connectivity index (χ1v) is 7.84. The molecule has 0 aliphatic rings. The SMILES string of the molecule is CS(=O)(=O)c1ccc(-c2csc(C(N)=O)c2)cc1. The van der Waals surface area contributed by atoms with E-state index in [0.717, 1.165) is 17.4 Å². The largest absolute Gasteiger partial charge is 0.365 e. The second-order valence-corrected chi connectivity index (χ2v) is 6.79. The van der Waals surface area contributed by atoms with Crippen LogP contribution in [0.1, 0.15) is 9.67 Å². The molecule has 0 spiro atoms. The van der Waals surface area contributed by atoms with E-state index in [-0.39, 0.29) is 4.90 Å². The van der Waals surface area contributed by atoms with Crippen molar-refractivity contribution >= 4 is 27.1 Å². The maximum atomic E-state index is 11.3. The van der Waals surface area contributed by atoms with Crippen molar-refractivity contribution in [3.63, 3.8) is 0 Å². The number of sulfone groups is 1. The van der Waals surface area contributed by atoms with Gasteiger partial charge in [0.2, 0.25) is 0 Å². The Balaban J connectivity index is 2.37. The molecule has 1 heterocycles. The van der Waals surface area contributed by atoms with Crippen LogP contribution in [0.15, 0.2) is 40.6 Å². The Morgan fingerprint density at radius 3 is 2.22 bits per heavy atom. The molecule has 0 atom stereocenters. The average molecular weight is 281 g/mol. The number of carbonyl (C=O) groups excluding carboxylic acids is 1. The quantitative estimate of drug-likeness (QED) is 0.933. The van der Waals surface area contributed by atoms with Crippen molar-refractivity contribution in [2.24, 2.45) is 5.73 Å². The molecular weight excluding hydrogens is 270 g/mol. The van der Waals surface area contributed by atoms with Crippen molar-refractivity contribution in [2.75, 3.05) is 6.26 Å². The highest BCUT2D eigenvalue weighted by atomic mass is 32.2. The predicted molar refractivity (Wildman–Crippen MR) is 71.4 cm³/mol. The van der Waals surface area contributed by atoms with Crippen molar-refractivity contribution in [2.45, 2.75) is 4.90 Å². The summed E-state index contributed by atoms with van der Waals surface area (Å²) in [5.74, 6) is -0.459. The van der Waals surface area contributed by atoms with Gasteiger partial charge < -0.3 is 5.73 Å². The molecule has 2 rings (SSSR count). The zero-order valence-corrected chi connectivity index (χ0v) is 11.2. The van der Waals surface area contributed by atoms with Gasteiger partial charge in [-0.2, -0.15) is 0 Å². The number of thiophene rings is 1. The predicted octanol–water partition coefficient (Wildman–Crippen LogP) is 1.92. The molecule has 0 radical (unpaired) electrons. The number of hydrogen-bond donors (Lipinski definition) is 1. The summed E-state index contributed by atoms with van der Waals surface area (Å²) in [4.78, 5) is 11.7. The van der Waals surface area contributed by atoms with Crippen molar-refractivity contribution in [3.8, 4) is 11.1 Å². The van der Waals surface area contributed by atoms with Crippen LogP contribution in [0.2, 0.25) is 0 Å². The summed E-state index contributed by atoms with van der Waals surface area (Å²) >= 11 is 1.27. The lowest BCUT2D eigenvalue weighted by Gasteiger charge is -2.00. The number of hydrogen-bond acceptors (Lipinski definition) is 4. The Morgan fingerprint density at radius 2 is 1.78 bits per heavy atom. The molecule has 6 heteroatoms. The minimum atomic E-state index is -3.18. The number of amides is 1. The molecule has 1 amide bonds. The molecule has 1 aromatic carbocycles. The van der Waals surface area contributed by atoms with Gasteiger partial charge in [-0.1, -0.05) is 12.1 Å². The normalized spacial score (nSPS) is 11.4. The molecule has 0 aliphatic carbocycles. The summed E-state index contributed by atoms with van der Waals surface area (Å²) in [5.41, 5.74) is 6.89. The van der Waals surface area contributed by atoms with Crippen LogP contribution in [0.5, 0.6) is 0 Å². The lowest BCUT2D eigenvalue weighted by Crippen LogP contribution is -2.08. The molecule has 1 aromatic heterocycles. The highest BCUT2D eigenvalue weighted by Gasteiger charge is 2.09. The Kier molecular flexibility index (Phi) is 3.23. The molecule has 0 fully saturated rings. The number of carbonyl (C=O) groups is 1. The van der Waals surface area contributed by atoms with Crippen molar-refractivity contribution < 1.29 is 13.2 Å². The van der Waals surface area contributed by atoms with Gasteiger partial charge in [-0.25, -0.2) is 8.42 Å². The molecule has 18 heavy (non-hydrogen) atoms. The fourth-order valence-corrected chi connectivity index (χ4v) is 2.91. The zero-order valence-electron chi connectivity index (χ0n) is 9.58. The molecule has 4 nitrogen and oxygen atoms in total. The summed E-state index contributed by atoms with van der Waals surface area (Å²) in [5, 5.41) is 1.82. The molecule has 2 aromatic rings. The maximum absolute atomic E-state index is 11.3. The van der Waals surface area contributed by atoms with E-state index in [9.17, 15) is 13.2 Å². The second kappa shape index (κ2) is 4.55. The van der Waals surface area contributed by atoms with E-state index in [4.69, 9.17) is 5.73 Å².